The van der Waals surface area contributed by atoms with Crippen molar-refractivity contribution in [3.8, 4) is 0 Å². The molecule has 1 saturated heterocycles. The smallest absolute Gasteiger partial charge is 0.265 e. The lowest BCUT2D eigenvalue weighted by Gasteiger charge is -2.28. The van der Waals surface area contributed by atoms with E-state index in [0.717, 1.165) is 61.3 Å². The zero-order chi connectivity index (χ0) is 29.1. The van der Waals surface area contributed by atoms with E-state index in [0.29, 0.717) is 22.4 Å². The number of morpholine rings is 1. The normalized spacial score (nSPS) is 16.1. The average Bonchev–Trinajstić information content (AvgIpc) is 3.28. The summed E-state index contributed by atoms with van der Waals surface area (Å²) >= 11 is 12.5. The summed E-state index contributed by atoms with van der Waals surface area (Å²) in [5, 5.41) is 3.49. The van der Waals surface area contributed by atoms with Crippen LogP contribution in [0.3, 0.4) is 0 Å². The number of nitrogens with one attached hydrogen (secondary N) is 1. The number of imide groups is 1. The third kappa shape index (κ3) is 6.99. The topological polar surface area (TPSA) is 113 Å². The number of hydrogen-bond donors (Lipinski definition) is 1. The summed E-state index contributed by atoms with van der Waals surface area (Å²) < 4.78 is 30.6. The number of fused-ring (bicyclic) bond motifs is 1. The fourth-order valence-electron chi connectivity index (χ4n) is 4.78. The lowest BCUT2D eigenvalue weighted by Crippen LogP contribution is -2.42. The Morgan fingerprint density at radius 2 is 1.76 bits per heavy atom. The molecule has 2 aromatic carbocycles. The summed E-state index contributed by atoms with van der Waals surface area (Å²) in [7, 11) is -3.87. The van der Waals surface area contributed by atoms with Crippen LogP contribution in [0.5, 0.6) is 0 Å². The highest BCUT2D eigenvalue weighted by molar-refractivity contribution is 7.94. The molecule has 0 radical (unpaired) electrons. The van der Waals surface area contributed by atoms with Gasteiger partial charge in [-0.05, 0) is 47.5 Å². The van der Waals surface area contributed by atoms with Crippen LogP contribution in [-0.2, 0) is 37.0 Å². The minimum absolute atomic E-state index is 0.0607. The van der Waals surface area contributed by atoms with Gasteiger partial charge in [-0.1, -0.05) is 35.3 Å². The van der Waals surface area contributed by atoms with E-state index in [9.17, 15) is 22.8 Å². The minimum Gasteiger partial charge on any atom is -0.384 e. The van der Waals surface area contributed by atoms with Crippen LogP contribution in [0.2, 0.25) is 9.36 Å². The molecule has 0 bridgehead atoms. The molecular formula is C28H27Cl2N3O6S2. The van der Waals surface area contributed by atoms with E-state index in [4.69, 9.17) is 27.9 Å². The van der Waals surface area contributed by atoms with Gasteiger partial charge >= 0.3 is 0 Å². The monoisotopic (exact) mass is 635 g/mol. The van der Waals surface area contributed by atoms with Crippen LogP contribution in [0, 0.1) is 0 Å². The largest absolute Gasteiger partial charge is 0.384 e. The number of hydrogen-bond acceptors (Lipinski definition) is 9. The Labute approximate surface area is 251 Å². The first-order chi connectivity index (χ1) is 19.6. The van der Waals surface area contributed by atoms with Gasteiger partial charge in [-0.2, -0.15) is 0 Å². The number of anilines is 2. The molecule has 2 aliphatic heterocycles. The molecular weight excluding hydrogens is 609 g/mol. The number of sulfone groups is 1. The highest BCUT2D eigenvalue weighted by atomic mass is 35.5. The van der Waals surface area contributed by atoms with E-state index in [1.54, 1.807) is 30.3 Å². The number of ether oxygens (including phenoxy) is 1. The molecule has 0 unspecified atom stereocenters. The molecule has 0 atom stereocenters. The van der Waals surface area contributed by atoms with Gasteiger partial charge in [-0.3, -0.25) is 19.3 Å². The van der Waals surface area contributed by atoms with Crippen LogP contribution in [0.1, 0.15) is 21.5 Å². The van der Waals surface area contributed by atoms with Gasteiger partial charge in [0.15, 0.2) is 15.6 Å². The summed E-state index contributed by atoms with van der Waals surface area (Å²) in [5.41, 5.74) is 2.92. The van der Waals surface area contributed by atoms with Crippen LogP contribution in [-0.4, -0.2) is 76.1 Å². The van der Waals surface area contributed by atoms with Crippen LogP contribution < -0.4 is 10.2 Å². The van der Waals surface area contributed by atoms with E-state index < -0.39 is 27.3 Å². The van der Waals surface area contributed by atoms with E-state index in [1.807, 2.05) is 12.1 Å². The Hall–Kier alpha value is -2.80. The van der Waals surface area contributed by atoms with E-state index in [1.165, 1.54) is 6.07 Å². The van der Waals surface area contributed by atoms with Gasteiger partial charge in [0, 0.05) is 43.9 Å². The quantitative estimate of drug-likeness (QED) is 0.331. The van der Waals surface area contributed by atoms with Crippen molar-refractivity contribution in [1.29, 1.82) is 0 Å². The summed E-state index contributed by atoms with van der Waals surface area (Å²) in [4.78, 5) is 42.3. The molecule has 1 fully saturated rings. The summed E-state index contributed by atoms with van der Waals surface area (Å²) in [6.45, 7) is 4.92. The number of Topliss-reactive ketones (excluding diaryl/α,β-unsaturated/α-hetero) is 1. The predicted molar refractivity (Wildman–Crippen MR) is 159 cm³/mol. The van der Waals surface area contributed by atoms with Gasteiger partial charge in [0.05, 0.1) is 30.3 Å². The maximum Gasteiger partial charge on any atom is 0.265 e. The van der Waals surface area contributed by atoms with Crippen molar-refractivity contribution < 1.29 is 27.5 Å². The molecule has 216 valence electrons. The third-order valence-electron chi connectivity index (χ3n) is 6.87. The van der Waals surface area contributed by atoms with Gasteiger partial charge in [0.2, 0.25) is 5.91 Å². The fraction of sp³-hybridized carbons (Fsp3) is 0.321. The summed E-state index contributed by atoms with van der Waals surface area (Å²) in [6, 6.07) is 13.0. The van der Waals surface area contributed by atoms with Crippen LogP contribution in [0.25, 0.3) is 0 Å². The molecule has 1 aromatic heterocycles. The molecule has 9 nitrogen and oxygen atoms in total. The van der Waals surface area contributed by atoms with Gasteiger partial charge in [0.25, 0.3) is 5.91 Å². The van der Waals surface area contributed by atoms with Crippen LogP contribution >= 0.6 is 34.5 Å². The zero-order valence-corrected chi connectivity index (χ0v) is 25.0. The maximum absolute atomic E-state index is 13.3. The first-order valence-corrected chi connectivity index (χ1v) is 16.2. The third-order valence-corrected chi connectivity index (χ3v) is 11.0. The Morgan fingerprint density at radius 3 is 2.44 bits per heavy atom. The second-order valence-corrected chi connectivity index (χ2v) is 14.1. The van der Waals surface area contributed by atoms with Crippen molar-refractivity contribution >= 4 is 73.3 Å². The van der Waals surface area contributed by atoms with Crippen molar-refractivity contribution in [2.45, 2.75) is 17.1 Å². The molecule has 2 aliphatic rings. The number of nitrogens with zero attached hydrogens (tertiary/aromatic N) is 2. The fourth-order valence-corrected chi connectivity index (χ4v) is 7.99. The molecule has 0 saturated carbocycles. The molecule has 0 aliphatic carbocycles. The highest BCUT2D eigenvalue weighted by Crippen LogP contribution is 2.35. The molecule has 0 spiro atoms. The lowest BCUT2D eigenvalue weighted by molar-refractivity contribution is -0.118. The van der Waals surface area contributed by atoms with Crippen molar-refractivity contribution in [2.24, 2.45) is 0 Å². The Balaban J connectivity index is 1.20. The van der Waals surface area contributed by atoms with Gasteiger partial charge in [-0.15, -0.1) is 11.3 Å². The van der Waals surface area contributed by atoms with E-state index in [-0.39, 0.29) is 32.3 Å². The number of thiophene rings is 1. The second kappa shape index (κ2) is 12.6. The van der Waals surface area contributed by atoms with Crippen molar-refractivity contribution in [2.75, 3.05) is 55.4 Å². The van der Waals surface area contributed by atoms with Crippen LogP contribution in [0.4, 0.5) is 11.4 Å². The second-order valence-electron chi connectivity index (χ2n) is 9.79. The zero-order valence-electron chi connectivity index (χ0n) is 21.9. The summed E-state index contributed by atoms with van der Waals surface area (Å²) in [6.07, 6.45) is -0.0483. The number of halogens is 2. The van der Waals surface area contributed by atoms with Crippen molar-refractivity contribution in [3.05, 3.63) is 74.6 Å². The number of carbonyl (C=O) groups is 3. The SMILES string of the molecule is O=C(Cc1ccc(N2C(=O)Cc3cc(NCCN4CCOCC4)ccc3C2=O)cc1)CS(=O)(=O)c1cc(Cl)c(Cl)s1. The van der Waals surface area contributed by atoms with Gasteiger partial charge < -0.3 is 10.1 Å². The van der Waals surface area contributed by atoms with Crippen LogP contribution in [0.15, 0.2) is 52.7 Å². The minimum atomic E-state index is -3.87. The molecule has 1 N–H and O–H groups in total. The van der Waals surface area contributed by atoms with Crippen molar-refractivity contribution in [3.63, 3.8) is 0 Å². The first-order valence-electron chi connectivity index (χ1n) is 12.9. The first kappa shape index (κ1) is 29.7. The number of rotatable bonds is 10. The standard InChI is InChI=1S/C28H27Cl2N3O6S2/c29-24-16-26(40-27(24)30)41(37,38)17-22(34)13-18-1-4-21(5-2-18)33-25(35)15-19-14-20(3-6-23(19)28(33)36)31-7-8-32-9-11-39-12-10-32/h1-6,14,16,31H,7-13,15,17H2. The highest BCUT2D eigenvalue weighted by Gasteiger charge is 2.32. The number of benzene rings is 2. The van der Waals surface area contributed by atoms with Gasteiger partial charge in [-0.25, -0.2) is 13.3 Å². The van der Waals surface area contributed by atoms with E-state index >= 15 is 0 Å². The molecule has 41 heavy (non-hydrogen) atoms. The summed E-state index contributed by atoms with van der Waals surface area (Å²) in [5.74, 6) is -1.96. The molecule has 3 aromatic rings. The molecule has 3 heterocycles. The number of ketones is 1. The molecule has 13 heteroatoms. The Morgan fingerprint density at radius 1 is 1.02 bits per heavy atom. The van der Waals surface area contributed by atoms with Gasteiger partial charge in [0.1, 0.15) is 14.3 Å². The maximum atomic E-state index is 13.3. The average molecular weight is 637 g/mol. The molecule has 5 rings (SSSR count). The number of carbonyl (C=O) groups excluding carboxylic acids is 3. The van der Waals surface area contributed by atoms with E-state index in [2.05, 4.69) is 10.2 Å². The number of amides is 2. The Kier molecular flexibility index (Phi) is 9.12. The predicted octanol–water partition coefficient (Wildman–Crippen LogP) is 4.11. The Bertz CT molecular complexity index is 1560. The van der Waals surface area contributed by atoms with Crippen molar-refractivity contribution in [1.82, 2.24) is 4.90 Å². The molecule has 2 amide bonds. The lowest BCUT2D eigenvalue weighted by atomic mass is 9.97.